The van der Waals surface area contributed by atoms with Crippen molar-refractivity contribution >= 4 is 15.9 Å². The van der Waals surface area contributed by atoms with Crippen LogP contribution in [0, 0.1) is 0 Å². The van der Waals surface area contributed by atoms with E-state index in [1.54, 1.807) is 7.11 Å². The zero-order valence-corrected chi connectivity index (χ0v) is 14.1. The summed E-state index contributed by atoms with van der Waals surface area (Å²) in [6, 6.07) is 10.7. The number of aromatic nitrogens is 1. The molecule has 0 fully saturated rings. The highest BCUT2D eigenvalue weighted by Crippen LogP contribution is 2.24. The predicted molar refractivity (Wildman–Crippen MR) is 89.8 cm³/mol. The third kappa shape index (κ3) is 4.83. The maximum atomic E-state index is 5.32. The number of hydrogen-bond donors (Lipinski definition) is 1. The van der Waals surface area contributed by atoms with Crippen LogP contribution >= 0.6 is 15.9 Å². The molecule has 21 heavy (non-hydrogen) atoms. The summed E-state index contributed by atoms with van der Waals surface area (Å²) in [4.78, 5) is 4.08. The molecular formula is C17H21BrN2O. The van der Waals surface area contributed by atoms with Crippen LogP contribution in [0.1, 0.15) is 18.1 Å². The molecule has 1 heterocycles. The van der Waals surface area contributed by atoms with Crippen molar-refractivity contribution in [2.24, 2.45) is 0 Å². The van der Waals surface area contributed by atoms with Crippen molar-refractivity contribution in [3.63, 3.8) is 0 Å². The molecule has 0 spiro atoms. The van der Waals surface area contributed by atoms with Gasteiger partial charge in [0.25, 0.3) is 0 Å². The Kier molecular flexibility index (Phi) is 6.21. The van der Waals surface area contributed by atoms with Crippen LogP contribution in [0.5, 0.6) is 5.75 Å². The number of halogens is 1. The lowest BCUT2D eigenvalue weighted by atomic mass is 9.99. The predicted octanol–water partition coefficient (Wildman–Crippen LogP) is 3.62. The highest BCUT2D eigenvalue weighted by atomic mass is 79.9. The van der Waals surface area contributed by atoms with Crippen molar-refractivity contribution in [2.75, 3.05) is 13.7 Å². The molecule has 0 saturated carbocycles. The van der Waals surface area contributed by atoms with Gasteiger partial charge in [-0.05, 0) is 60.8 Å². The van der Waals surface area contributed by atoms with Gasteiger partial charge in [-0.1, -0.05) is 22.9 Å². The second-order valence-electron chi connectivity index (χ2n) is 4.98. The topological polar surface area (TPSA) is 34.2 Å². The van der Waals surface area contributed by atoms with Gasteiger partial charge in [-0.15, -0.1) is 0 Å². The Bertz CT molecular complexity index is 560. The summed E-state index contributed by atoms with van der Waals surface area (Å²) in [6.07, 6.45) is 5.63. The fourth-order valence-corrected chi connectivity index (χ4v) is 2.82. The van der Waals surface area contributed by atoms with Gasteiger partial charge < -0.3 is 10.1 Å². The third-order valence-electron chi connectivity index (χ3n) is 3.44. The summed E-state index contributed by atoms with van der Waals surface area (Å²) < 4.78 is 6.45. The summed E-state index contributed by atoms with van der Waals surface area (Å²) in [5.74, 6) is 0.896. The Balaban J connectivity index is 2.12. The van der Waals surface area contributed by atoms with Gasteiger partial charge in [-0.25, -0.2) is 0 Å². The summed E-state index contributed by atoms with van der Waals surface area (Å²) in [7, 11) is 1.70. The molecule has 1 unspecified atom stereocenters. The van der Waals surface area contributed by atoms with E-state index in [1.165, 1.54) is 11.1 Å². The van der Waals surface area contributed by atoms with E-state index in [-0.39, 0.29) is 0 Å². The molecule has 0 bridgehead atoms. The standard InChI is InChI=1S/C17H21BrN2O/c1-3-20-15(10-13-6-8-19-9-7-13)11-14-12-16(21-2)4-5-17(14)18/h4-9,12,15,20H,3,10-11H2,1-2H3. The normalized spacial score (nSPS) is 12.1. The number of nitrogens with one attached hydrogen (secondary N) is 1. The van der Waals surface area contributed by atoms with Gasteiger partial charge in [0, 0.05) is 22.9 Å². The van der Waals surface area contributed by atoms with Crippen molar-refractivity contribution < 1.29 is 4.74 Å². The summed E-state index contributed by atoms with van der Waals surface area (Å²) >= 11 is 3.63. The molecule has 0 aliphatic rings. The molecule has 0 amide bonds. The van der Waals surface area contributed by atoms with E-state index in [0.29, 0.717) is 6.04 Å². The maximum Gasteiger partial charge on any atom is 0.119 e. The smallest absolute Gasteiger partial charge is 0.119 e. The Morgan fingerprint density at radius 1 is 1.19 bits per heavy atom. The number of nitrogens with zero attached hydrogens (tertiary/aromatic N) is 1. The molecular weight excluding hydrogens is 328 g/mol. The number of rotatable bonds is 7. The van der Waals surface area contributed by atoms with Crippen LogP contribution in [0.15, 0.2) is 47.2 Å². The minimum Gasteiger partial charge on any atom is -0.497 e. The SMILES string of the molecule is CCNC(Cc1ccncc1)Cc1cc(OC)ccc1Br. The first-order valence-electron chi connectivity index (χ1n) is 7.17. The molecule has 1 aromatic carbocycles. The number of ether oxygens (including phenoxy) is 1. The number of pyridine rings is 1. The molecule has 4 heteroatoms. The van der Waals surface area contributed by atoms with Crippen LogP contribution < -0.4 is 10.1 Å². The Morgan fingerprint density at radius 2 is 1.95 bits per heavy atom. The minimum absolute atomic E-state index is 0.390. The van der Waals surface area contributed by atoms with Gasteiger partial charge in [0.05, 0.1) is 7.11 Å². The second kappa shape index (κ2) is 8.15. The number of benzene rings is 1. The lowest BCUT2D eigenvalue weighted by Gasteiger charge is -2.19. The Hall–Kier alpha value is -1.39. The van der Waals surface area contributed by atoms with Crippen LogP contribution in [-0.4, -0.2) is 24.7 Å². The van der Waals surface area contributed by atoms with Gasteiger partial charge in [0.15, 0.2) is 0 Å². The van der Waals surface area contributed by atoms with E-state index >= 15 is 0 Å². The van der Waals surface area contributed by atoms with Crippen molar-refractivity contribution in [2.45, 2.75) is 25.8 Å². The monoisotopic (exact) mass is 348 g/mol. The van der Waals surface area contributed by atoms with Gasteiger partial charge in [-0.3, -0.25) is 4.98 Å². The van der Waals surface area contributed by atoms with Gasteiger partial charge in [0.1, 0.15) is 5.75 Å². The molecule has 2 rings (SSSR count). The van der Waals surface area contributed by atoms with Crippen molar-refractivity contribution in [1.82, 2.24) is 10.3 Å². The fraction of sp³-hybridized carbons (Fsp3) is 0.353. The van der Waals surface area contributed by atoms with E-state index in [0.717, 1.165) is 29.6 Å². The first-order valence-corrected chi connectivity index (χ1v) is 7.97. The highest BCUT2D eigenvalue weighted by molar-refractivity contribution is 9.10. The van der Waals surface area contributed by atoms with Crippen LogP contribution in [0.4, 0.5) is 0 Å². The molecule has 2 aromatic rings. The average molecular weight is 349 g/mol. The molecule has 112 valence electrons. The largest absolute Gasteiger partial charge is 0.497 e. The van der Waals surface area contributed by atoms with E-state index < -0.39 is 0 Å². The Morgan fingerprint density at radius 3 is 2.62 bits per heavy atom. The first kappa shape index (κ1) is 16.0. The lowest BCUT2D eigenvalue weighted by Crippen LogP contribution is -2.33. The van der Waals surface area contributed by atoms with Crippen LogP contribution in [-0.2, 0) is 12.8 Å². The maximum absolute atomic E-state index is 5.32. The molecule has 1 N–H and O–H groups in total. The molecule has 0 aliphatic carbocycles. The van der Waals surface area contributed by atoms with Gasteiger partial charge >= 0.3 is 0 Å². The van der Waals surface area contributed by atoms with E-state index in [4.69, 9.17) is 4.74 Å². The second-order valence-corrected chi connectivity index (χ2v) is 5.83. The van der Waals surface area contributed by atoms with Crippen molar-refractivity contribution in [3.05, 3.63) is 58.3 Å². The number of methoxy groups -OCH3 is 1. The summed E-state index contributed by atoms with van der Waals surface area (Å²) in [6.45, 7) is 3.09. The molecule has 0 radical (unpaired) electrons. The van der Waals surface area contributed by atoms with Crippen LogP contribution in [0.25, 0.3) is 0 Å². The fourth-order valence-electron chi connectivity index (χ4n) is 2.41. The van der Waals surface area contributed by atoms with Crippen molar-refractivity contribution in [1.29, 1.82) is 0 Å². The van der Waals surface area contributed by atoms with Gasteiger partial charge in [-0.2, -0.15) is 0 Å². The zero-order chi connectivity index (χ0) is 15.1. The Labute approximate surface area is 134 Å². The van der Waals surface area contributed by atoms with Crippen LogP contribution in [0.2, 0.25) is 0 Å². The zero-order valence-electron chi connectivity index (χ0n) is 12.5. The van der Waals surface area contributed by atoms with E-state index in [9.17, 15) is 0 Å². The molecule has 1 atom stereocenters. The van der Waals surface area contributed by atoms with Crippen molar-refractivity contribution in [3.8, 4) is 5.75 Å². The summed E-state index contributed by atoms with van der Waals surface area (Å²) in [5.41, 5.74) is 2.56. The number of likely N-dealkylation sites (N-methyl/N-ethyl adjacent to an activating group) is 1. The lowest BCUT2D eigenvalue weighted by molar-refractivity contribution is 0.413. The third-order valence-corrected chi connectivity index (χ3v) is 4.22. The quantitative estimate of drug-likeness (QED) is 0.829. The van der Waals surface area contributed by atoms with Gasteiger partial charge in [0.2, 0.25) is 0 Å². The van der Waals surface area contributed by atoms with E-state index in [1.807, 2.05) is 24.5 Å². The molecule has 0 saturated heterocycles. The van der Waals surface area contributed by atoms with E-state index in [2.05, 4.69) is 51.4 Å². The molecule has 1 aromatic heterocycles. The highest BCUT2D eigenvalue weighted by Gasteiger charge is 2.12. The molecule has 0 aliphatic heterocycles. The summed E-state index contributed by atoms with van der Waals surface area (Å²) in [5, 5.41) is 3.56. The molecule has 3 nitrogen and oxygen atoms in total. The first-order chi connectivity index (χ1) is 10.2. The minimum atomic E-state index is 0.390. The average Bonchev–Trinajstić information content (AvgIpc) is 2.51. The number of hydrogen-bond acceptors (Lipinski definition) is 3. The van der Waals surface area contributed by atoms with Crippen LogP contribution in [0.3, 0.4) is 0 Å².